The molecule has 0 saturated carbocycles. The van der Waals surface area contributed by atoms with Gasteiger partial charge in [0.05, 0.1) is 0 Å². The van der Waals surface area contributed by atoms with Crippen LogP contribution in [0, 0.1) is 5.82 Å². The van der Waals surface area contributed by atoms with Gasteiger partial charge in [-0.2, -0.15) is 0 Å². The molecule has 0 unspecified atom stereocenters. The van der Waals surface area contributed by atoms with Crippen LogP contribution in [0.2, 0.25) is 5.02 Å². The molecule has 4 nitrogen and oxygen atoms in total. The van der Waals surface area contributed by atoms with E-state index in [4.69, 9.17) is 16.3 Å². The molecule has 1 saturated heterocycles. The van der Waals surface area contributed by atoms with Gasteiger partial charge < -0.3 is 14.5 Å². The summed E-state index contributed by atoms with van der Waals surface area (Å²) in [6, 6.07) is 13.3. The molecule has 0 radical (unpaired) electrons. The summed E-state index contributed by atoms with van der Waals surface area (Å²) in [7, 11) is 2.10. The minimum Gasteiger partial charge on any atom is -0.490 e. The number of piperidine rings is 1. The van der Waals surface area contributed by atoms with Crippen molar-refractivity contribution in [2.45, 2.75) is 31.8 Å². The number of Topliss-reactive ketones (excluding diaryl/α,β-unsaturated/α-hetero) is 1. The number of likely N-dealkylation sites (N-methyl/N-ethyl adjacent to an activating group) is 1. The summed E-state index contributed by atoms with van der Waals surface area (Å²) in [5.41, 5.74) is 0.586. The van der Waals surface area contributed by atoms with Crippen molar-refractivity contribution in [2.75, 3.05) is 39.8 Å². The molecule has 0 N–H and O–H groups in total. The molecular weight excluding hydrogens is 403 g/mol. The van der Waals surface area contributed by atoms with Crippen molar-refractivity contribution in [1.29, 1.82) is 0 Å². The smallest absolute Gasteiger partial charge is 0.162 e. The third-order valence-electron chi connectivity index (χ3n) is 5.56. The van der Waals surface area contributed by atoms with Crippen molar-refractivity contribution in [2.24, 2.45) is 0 Å². The van der Waals surface area contributed by atoms with E-state index in [0.29, 0.717) is 12.0 Å². The van der Waals surface area contributed by atoms with E-state index in [1.165, 1.54) is 12.1 Å². The molecule has 0 atom stereocenters. The second-order valence-corrected chi connectivity index (χ2v) is 8.39. The number of hydrogen-bond donors (Lipinski definition) is 0. The van der Waals surface area contributed by atoms with Crippen LogP contribution in [0.3, 0.4) is 0 Å². The number of ether oxygens (including phenoxy) is 1. The minimum absolute atomic E-state index is 0.0751. The maximum Gasteiger partial charge on any atom is 0.162 e. The Bertz CT molecular complexity index is 790. The van der Waals surface area contributed by atoms with Crippen LogP contribution in [0.1, 0.15) is 36.0 Å². The van der Waals surface area contributed by atoms with Crippen LogP contribution in [-0.2, 0) is 0 Å². The van der Waals surface area contributed by atoms with Crippen LogP contribution in [-0.4, -0.2) is 61.5 Å². The van der Waals surface area contributed by atoms with Crippen molar-refractivity contribution in [1.82, 2.24) is 9.80 Å². The molecule has 3 rings (SSSR count). The molecule has 1 fully saturated rings. The molecule has 1 aliphatic rings. The summed E-state index contributed by atoms with van der Waals surface area (Å²) in [5, 5.41) is 0.723. The fourth-order valence-corrected chi connectivity index (χ4v) is 3.80. The Kier molecular flexibility index (Phi) is 8.67. The van der Waals surface area contributed by atoms with Gasteiger partial charge in [0.2, 0.25) is 0 Å². The average molecular weight is 433 g/mol. The van der Waals surface area contributed by atoms with E-state index < -0.39 is 0 Å². The van der Waals surface area contributed by atoms with E-state index in [0.717, 1.165) is 62.8 Å². The third-order valence-corrected chi connectivity index (χ3v) is 5.81. The van der Waals surface area contributed by atoms with Crippen molar-refractivity contribution in [3.8, 4) is 5.75 Å². The van der Waals surface area contributed by atoms with Crippen LogP contribution in [0.4, 0.5) is 4.39 Å². The van der Waals surface area contributed by atoms with Gasteiger partial charge in [0.25, 0.3) is 0 Å². The fourth-order valence-electron chi connectivity index (χ4n) is 3.67. The quantitative estimate of drug-likeness (QED) is 0.499. The lowest BCUT2D eigenvalue weighted by atomic mass is 10.1. The third kappa shape index (κ3) is 7.38. The number of hydrogen-bond acceptors (Lipinski definition) is 4. The summed E-state index contributed by atoms with van der Waals surface area (Å²) in [4.78, 5) is 16.9. The highest BCUT2D eigenvalue weighted by Crippen LogP contribution is 2.21. The highest BCUT2D eigenvalue weighted by atomic mass is 35.5. The zero-order chi connectivity index (χ0) is 21.3. The first kappa shape index (κ1) is 22.7. The summed E-state index contributed by atoms with van der Waals surface area (Å²) in [6.07, 6.45) is 3.61. The molecular formula is C24H30ClFN2O2. The molecule has 0 amide bonds. The number of nitrogens with zero attached hydrogens (tertiary/aromatic N) is 2. The molecule has 1 aliphatic heterocycles. The van der Waals surface area contributed by atoms with Gasteiger partial charge in [-0.3, -0.25) is 4.79 Å². The minimum atomic E-state index is -0.313. The second-order valence-electron chi connectivity index (χ2n) is 7.95. The van der Waals surface area contributed by atoms with Gasteiger partial charge in [-0.15, -0.1) is 0 Å². The Morgan fingerprint density at radius 2 is 1.77 bits per heavy atom. The first-order chi connectivity index (χ1) is 14.5. The van der Waals surface area contributed by atoms with Crippen LogP contribution < -0.4 is 4.74 Å². The summed E-state index contributed by atoms with van der Waals surface area (Å²) >= 11 is 5.92. The molecule has 162 valence electrons. The Morgan fingerprint density at radius 3 is 2.43 bits per heavy atom. The molecule has 30 heavy (non-hydrogen) atoms. The Morgan fingerprint density at radius 1 is 1.10 bits per heavy atom. The molecule has 1 heterocycles. The maximum absolute atomic E-state index is 12.9. The van der Waals surface area contributed by atoms with Gasteiger partial charge in [0, 0.05) is 43.2 Å². The lowest BCUT2D eigenvalue weighted by Crippen LogP contribution is -2.41. The monoisotopic (exact) mass is 432 g/mol. The van der Waals surface area contributed by atoms with E-state index >= 15 is 0 Å². The normalized spacial score (nSPS) is 15.5. The Hall–Kier alpha value is -1.95. The van der Waals surface area contributed by atoms with Gasteiger partial charge in [-0.05, 0) is 81.4 Å². The van der Waals surface area contributed by atoms with Gasteiger partial charge in [0.1, 0.15) is 17.7 Å². The first-order valence-electron chi connectivity index (χ1n) is 10.6. The Balaban J connectivity index is 1.28. The number of carbonyl (C=O) groups is 1. The van der Waals surface area contributed by atoms with Crippen molar-refractivity contribution < 1.29 is 13.9 Å². The summed E-state index contributed by atoms with van der Waals surface area (Å²) < 4.78 is 19.0. The maximum atomic E-state index is 12.9. The van der Waals surface area contributed by atoms with Gasteiger partial charge >= 0.3 is 0 Å². The van der Waals surface area contributed by atoms with Gasteiger partial charge in [-0.1, -0.05) is 11.6 Å². The topological polar surface area (TPSA) is 32.8 Å². The largest absolute Gasteiger partial charge is 0.490 e. The highest BCUT2D eigenvalue weighted by Gasteiger charge is 2.20. The average Bonchev–Trinajstić information content (AvgIpc) is 2.75. The highest BCUT2D eigenvalue weighted by molar-refractivity contribution is 6.30. The zero-order valence-electron chi connectivity index (χ0n) is 17.5. The van der Waals surface area contributed by atoms with Gasteiger partial charge in [0.15, 0.2) is 5.78 Å². The van der Waals surface area contributed by atoms with Crippen molar-refractivity contribution in [3.63, 3.8) is 0 Å². The lowest BCUT2D eigenvalue weighted by molar-refractivity contribution is 0.0938. The van der Waals surface area contributed by atoms with E-state index in [1.807, 2.05) is 24.3 Å². The van der Waals surface area contributed by atoms with Crippen LogP contribution in [0.15, 0.2) is 48.5 Å². The van der Waals surface area contributed by atoms with E-state index in [2.05, 4.69) is 16.8 Å². The molecule has 6 heteroatoms. The Labute approximate surface area is 183 Å². The zero-order valence-corrected chi connectivity index (χ0v) is 18.3. The second kappa shape index (κ2) is 11.4. The number of benzene rings is 2. The predicted molar refractivity (Wildman–Crippen MR) is 119 cm³/mol. The van der Waals surface area contributed by atoms with Crippen molar-refractivity contribution in [3.05, 3.63) is 64.9 Å². The standard InChI is InChI=1S/C24H30ClFN2O2/c1-27(14-2-3-24(29)19-4-8-21(26)9-5-19)17-18-28-15-12-23(13-16-28)30-22-10-6-20(25)7-11-22/h4-11,23H,2-3,12-18H2,1H3. The van der Waals surface area contributed by atoms with E-state index in [-0.39, 0.29) is 17.7 Å². The number of likely N-dealkylation sites (tertiary alicyclic amines) is 1. The number of carbonyl (C=O) groups excluding carboxylic acids is 1. The van der Waals surface area contributed by atoms with E-state index in [1.54, 1.807) is 12.1 Å². The predicted octanol–water partition coefficient (Wildman–Crippen LogP) is 4.92. The van der Waals surface area contributed by atoms with Crippen LogP contribution in [0.5, 0.6) is 5.75 Å². The summed E-state index contributed by atoms with van der Waals surface area (Å²) in [6.45, 7) is 4.96. The molecule has 2 aromatic carbocycles. The molecule has 2 aromatic rings. The lowest BCUT2D eigenvalue weighted by Gasteiger charge is -2.33. The molecule has 0 aromatic heterocycles. The van der Waals surface area contributed by atoms with Crippen LogP contribution in [0.25, 0.3) is 0 Å². The number of rotatable bonds is 10. The van der Waals surface area contributed by atoms with E-state index in [9.17, 15) is 9.18 Å². The van der Waals surface area contributed by atoms with Crippen LogP contribution >= 0.6 is 11.6 Å². The molecule has 0 spiro atoms. The van der Waals surface area contributed by atoms with Gasteiger partial charge in [-0.25, -0.2) is 4.39 Å². The SMILES string of the molecule is CN(CCCC(=O)c1ccc(F)cc1)CCN1CCC(Oc2ccc(Cl)cc2)CC1. The number of ketones is 1. The summed E-state index contributed by atoms with van der Waals surface area (Å²) in [5.74, 6) is 0.644. The van der Waals surface area contributed by atoms with Crippen molar-refractivity contribution >= 4 is 17.4 Å². The number of halogens is 2. The fraction of sp³-hybridized carbons (Fsp3) is 0.458. The first-order valence-corrected chi connectivity index (χ1v) is 11.0. The molecule has 0 aliphatic carbocycles. The molecule has 0 bridgehead atoms.